The van der Waals surface area contributed by atoms with E-state index in [1.54, 1.807) is 28.3 Å². The first-order chi connectivity index (χ1) is 13.2. The van der Waals surface area contributed by atoms with Crippen LogP contribution in [0.15, 0.2) is 48.8 Å². The fourth-order valence-electron chi connectivity index (χ4n) is 3.45. The minimum atomic E-state index is -0.109. The van der Waals surface area contributed by atoms with Crippen LogP contribution in [-0.4, -0.2) is 67.6 Å². The highest BCUT2D eigenvalue weighted by atomic mass is 16.5. The molecule has 0 radical (unpaired) electrons. The van der Waals surface area contributed by atoms with E-state index < -0.39 is 0 Å². The number of aromatic nitrogens is 1. The van der Waals surface area contributed by atoms with Gasteiger partial charge in [0, 0.05) is 43.6 Å². The summed E-state index contributed by atoms with van der Waals surface area (Å²) in [7, 11) is 0. The molecule has 7 heteroatoms. The molecule has 2 aromatic rings. The number of carbonyl (C=O) groups excluding carboxylic acids is 2. The molecular weight excluding hydrogens is 344 g/mol. The highest BCUT2D eigenvalue weighted by Crippen LogP contribution is 2.20. The number of benzene rings is 1. The zero-order valence-electron chi connectivity index (χ0n) is 15.1. The van der Waals surface area contributed by atoms with Gasteiger partial charge in [-0.2, -0.15) is 0 Å². The molecule has 1 aromatic carbocycles. The zero-order chi connectivity index (χ0) is 18.6. The van der Waals surface area contributed by atoms with Crippen LogP contribution in [0.1, 0.15) is 10.4 Å². The summed E-state index contributed by atoms with van der Waals surface area (Å²) in [6.07, 6.45) is 3.34. The number of pyridine rings is 1. The van der Waals surface area contributed by atoms with Crippen LogP contribution in [-0.2, 0) is 9.53 Å². The third kappa shape index (κ3) is 3.78. The van der Waals surface area contributed by atoms with E-state index in [0.29, 0.717) is 18.7 Å². The van der Waals surface area contributed by atoms with E-state index in [1.807, 2.05) is 30.3 Å². The Hall–Kier alpha value is -2.93. The molecule has 0 spiro atoms. The van der Waals surface area contributed by atoms with Crippen molar-refractivity contribution in [2.75, 3.05) is 55.7 Å². The Morgan fingerprint density at radius 2 is 1.74 bits per heavy atom. The van der Waals surface area contributed by atoms with E-state index in [4.69, 9.17) is 4.74 Å². The third-order valence-corrected chi connectivity index (χ3v) is 4.96. The fourth-order valence-corrected chi connectivity index (χ4v) is 3.45. The van der Waals surface area contributed by atoms with Crippen LogP contribution < -0.4 is 9.80 Å². The number of morpholine rings is 1. The molecule has 0 bridgehead atoms. The molecular formula is C20H22N4O3. The SMILES string of the molecule is O=C(c1ccc(N2CCOCC2)cc1)N1CCN(c2cccnc2)C(=O)C1. The Labute approximate surface area is 158 Å². The maximum atomic E-state index is 12.8. The minimum absolute atomic E-state index is 0.0823. The van der Waals surface area contributed by atoms with E-state index in [1.165, 1.54) is 0 Å². The monoisotopic (exact) mass is 366 g/mol. The van der Waals surface area contributed by atoms with Gasteiger partial charge in [0.25, 0.3) is 5.91 Å². The number of hydrogen-bond donors (Lipinski definition) is 0. The molecule has 4 rings (SSSR count). The second-order valence-corrected chi connectivity index (χ2v) is 6.63. The quantitative estimate of drug-likeness (QED) is 0.822. The first-order valence-electron chi connectivity index (χ1n) is 9.15. The van der Waals surface area contributed by atoms with Crippen LogP contribution in [0, 0.1) is 0 Å². The van der Waals surface area contributed by atoms with Crippen molar-refractivity contribution in [3.63, 3.8) is 0 Å². The maximum Gasteiger partial charge on any atom is 0.254 e. The van der Waals surface area contributed by atoms with Crippen molar-refractivity contribution >= 4 is 23.2 Å². The Morgan fingerprint density at radius 1 is 0.963 bits per heavy atom. The van der Waals surface area contributed by atoms with Crippen molar-refractivity contribution in [1.82, 2.24) is 9.88 Å². The molecule has 3 heterocycles. The molecule has 27 heavy (non-hydrogen) atoms. The Kier molecular flexibility index (Phi) is 5.02. The lowest BCUT2D eigenvalue weighted by Crippen LogP contribution is -2.52. The van der Waals surface area contributed by atoms with Crippen LogP contribution in [0.5, 0.6) is 0 Å². The highest BCUT2D eigenvalue weighted by Gasteiger charge is 2.28. The molecule has 0 saturated carbocycles. The van der Waals surface area contributed by atoms with Gasteiger partial charge in [0.15, 0.2) is 0 Å². The molecule has 0 aliphatic carbocycles. The van der Waals surface area contributed by atoms with Gasteiger partial charge in [0.2, 0.25) is 5.91 Å². The lowest BCUT2D eigenvalue weighted by Gasteiger charge is -2.34. The number of piperazine rings is 1. The van der Waals surface area contributed by atoms with Gasteiger partial charge < -0.3 is 19.4 Å². The van der Waals surface area contributed by atoms with Crippen molar-refractivity contribution in [2.45, 2.75) is 0 Å². The van der Waals surface area contributed by atoms with Gasteiger partial charge in [-0.05, 0) is 36.4 Å². The van der Waals surface area contributed by atoms with Crippen molar-refractivity contribution in [3.8, 4) is 0 Å². The lowest BCUT2D eigenvalue weighted by atomic mass is 10.1. The summed E-state index contributed by atoms with van der Waals surface area (Å²) in [5.74, 6) is -0.199. The van der Waals surface area contributed by atoms with Gasteiger partial charge in [0.1, 0.15) is 6.54 Å². The first kappa shape index (κ1) is 17.5. The van der Waals surface area contributed by atoms with Gasteiger partial charge in [-0.15, -0.1) is 0 Å². The smallest absolute Gasteiger partial charge is 0.254 e. The summed E-state index contributed by atoms with van der Waals surface area (Å²) >= 11 is 0. The minimum Gasteiger partial charge on any atom is -0.378 e. The Balaban J connectivity index is 1.40. The van der Waals surface area contributed by atoms with Gasteiger partial charge in [-0.25, -0.2) is 0 Å². The van der Waals surface area contributed by atoms with E-state index in [2.05, 4.69) is 9.88 Å². The summed E-state index contributed by atoms with van der Waals surface area (Å²) < 4.78 is 5.37. The van der Waals surface area contributed by atoms with Gasteiger partial charge in [0.05, 0.1) is 25.1 Å². The molecule has 2 aliphatic rings. The van der Waals surface area contributed by atoms with E-state index >= 15 is 0 Å². The topological polar surface area (TPSA) is 66.0 Å². The molecule has 2 aliphatic heterocycles. The number of carbonyl (C=O) groups is 2. The number of nitrogens with zero attached hydrogens (tertiary/aromatic N) is 4. The van der Waals surface area contributed by atoms with Gasteiger partial charge in [-0.3, -0.25) is 14.6 Å². The van der Waals surface area contributed by atoms with E-state index in [0.717, 1.165) is 37.7 Å². The predicted molar refractivity (Wildman–Crippen MR) is 102 cm³/mol. The van der Waals surface area contributed by atoms with Crippen LogP contribution in [0.25, 0.3) is 0 Å². The average Bonchev–Trinajstić information content (AvgIpc) is 2.74. The summed E-state index contributed by atoms with van der Waals surface area (Å²) in [4.78, 5) is 34.9. The Morgan fingerprint density at radius 3 is 2.41 bits per heavy atom. The molecule has 1 aromatic heterocycles. The summed E-state index contributed by atoms with van der Waals surface area (Å²) in [6.45, 7) is 4.23. The Bertz CT molecular complexity index is 804. The van der Waals surface area contributed by atoms with Crippen molar-refractivity contribution in [1.29, 1.82) is 0 Å². The number of hydrogen-bond acceptors (Lipinski definition) is 5. The molecule has 0 atom stereocenters. The summed E-state index contributed by atoms with van der Waals surface area (Å²) in [5.41, 5.74) is 2.46. The van der Waals surface area contributed by atoms with Crippen molar-refractivity contribution in [2.24, 2.45) is 0 Å². The van der Waals surface area contributed by atoms with Crippen LogP contribution in [0.4, 0.5) is 11.4 Å². The van der Waals surface area contributed by atoms with Gasteiger partial charge in [-0.1, -0.05) is 0 Å². The van der Waals surface area contributed by atoms with E-state index in [9.17, 15) is 9.59 Å². The largest absolute Gasteiger partial charge is 0.378 e. The standard InChI is InChI=1S/C20H22N4O3/c25-19-15-23(8-9-24(19)18-2-1-7-21-14-18)20(26)16-3-5-17(6-4-16)22-10-12-27-13-11-22/h1-7,14H,8-13,15H2. The molecule has 2 fully saturated rings. The first-order valence-corrected chi connectivity index (χ1v) is 9.15. The lowest BCUT2D eigenvalue weighted by molar-refractivity contribution is -0.120. The summed E-state index contributed by atoms with van der Waals surface area (Å²) in [6, 6.07) is 11.3. The fraction of sp³-hybridized carbons (Fsp3) is 0.350. The molecule has 0 N–H and O–H groups in total. The molecule has 0 unspecified atom stereocenters. The van der Waals surface area contributed by atoms with Gasteiger partial charge >= 0.3 is 0 Å². The number of ether oxygens (including phenoxy) is 1. The average molecular weight is 366 g/mol. The third-order valence-electron chi connectivity index (χ3n) is 4.96. The number of rotatable bonds is 3. The van der Waals surface area contributed by atoms with Crippen molar-refractivity contribution < 1.29 is 14.3 Å². The van der Waals surface area contributed by atoms with Crippen LogP contribution >= 0.6 is 0 Å². The van der Waals surface area contributed by atoms with E-state index in [-0.39, 0.29) is 18.4 Å². The number of amides is 2. The highest BCUT2D eigenvalue weighted by molar-refractivity contribution is 6.01. The maximum absolute atomic E-state index is 12.8. The second kappa shape index (κ2) is 7.75. The predicted octanol–water partition coefficient (Wildman–Crippen LogP) is 1.41. The number of anilines is 2. The zero-order valence-corrected chi connectivity index (χ0v) is 15.1. The van der Waals surface area contributed by atoms with Crippen molar-refractivity contribution in [3.05, 3.63) is 54.4 Å². The van der Waals surface area contributed by atoms with Crippen LogP contribution in [0.3, 0.4) is 0 Å². The molecule has 2 saturated heterocycles. The molecule has 7 nitrogen and oxygen atoms in total. The van der Waals surface area contributed by atoms with Crippen LogP contribution in [0.2, 0.25) is 0 Å². The second-order valence-electron chi connectivity index (χ2n) is 6.63. The molecule has 140 valence electrons. The normalized spacial score (nSPS) is 17.9. The summed E-state index contributed by atoms with van der Waals surface area (Å²) in [5, 5.41) is 0. The molecule has 2 amide bonds.